The second kappa shape index (κ2) is 5.86. The maximum atomic E-state index is 13.6. The van der Waals surface area contributed by atoms with Crippen LogP contribution in [0.3, 0.4) is 0 Å². The molecule has 0 heterocycles. The molecule has 0 radical (unpaired) electrons. The van der Waals surface area contributed by atoms with E-state index in [2.05, 4.69) is 4.74 Å². The summed E-state index contributed by atoms with van der Waals surface area (Å²) in [5.41, 5.74) is -1.42. The predicted octanol–water partition coefficient (Wildman–Crippen LogP) is 2.04. The molecular formula is C11H8F2N2O4. The Morgan fingerprint density at radius 3 is 2.42 bits per heavy atom. The van der Waals surface area contributed by atoms with Crippen molar-refractivity contribution in [2.45, 2.75) is 12.8 Å². The lowest BCUT2D eigenvalue weighted by Crippen LogP contribution is -2.13. The van der Waals surface area contributed by atoms with Gasteiger partial charge in [-0.2, -0.15) is 5.26 Å². The minimum atomic E-state index is -1.37. The van der Waals surface area contributed by atoms with Crippen molar-refractivity contribution in [3.63, 3.8) is 0 Å². The molecule has 1 aromatic carbocycles. The van der Waals surface area contributed by atoms with Crippen LogP contribution < -0.4 is 0 Å². The summed E-state index contributed by atoms with van der Waals surface area (Å²) < 4.78 is 31.7. The molecule has 1 rings (SSSR count). The third-order valence-electron chi connectivity index (χ3n) is 2.23. The molecule has 100 valence electrons. The molecular weight excluding hydrogens is 262 g/mol. The van der Waals surface area contributed by atoms with Gasteiger partial charge in [0.25, 0.3) is 5.69 Å². The van der Waals surface area contributed by atoms with Gasteiger partial charge >= 0.3 is 5.97 Å². The van der Waals surface area contributed by atoms with Crippen LogP contribution >= 0.6 is 0 Å². The van der Waals surface area contributed by atoms with Crippen molar-refractivity contribution in [2.75, 3.05) is 6.61 Å². The summed E-state index contributed by atoms with van der Waals surface area (Å²) >= 11 is 0. The average Bonchev–Trinajstić information content (AvgIpc) is 2.31. The molecule has 1 unspecified atom stereocenters. The normalized spacial score (nSPS) is 11.5. The SMILES string of the molecule is CC(=O)OCC(C#N)c1c(F)cc([N+](=O)[O-])cc1F. The first-order chi connectivity index (χ1) is 8.86. The molecule has 0 spiro atoms. The van der Waals surface area contributed by atoms with E-state index in [0.29, 0.717) is 12.1 Å². The number of nitrogens with zero attached hydrogens (tertiary/aromatic N) is 2. The van der Waals surface area contributed by atoms with Crippen LogP contribution in [0.1, 0.15) is 18.4 Å². The molecule has 0 aromatic heterocycles. The highest BCUT2D eigenvalue weighted by molar-refractivity contribution is 5.66. The average molecular weight is 270 g/mol. The Bertz CT molecular complexity index is 545. The molecule has 6 nitrogen and oxygen atoms in total. The van der Waals surface area contributed by atoms with Crippen LogP contribution in [0, 0.1) is 33.1 Å². The van der Waals surface area contributed by atoms with Crippen molar-refractivity contribution in [2.24, 2.45) is 0 Å². The Balaban J connectivity index is 3.15. The van der Waals surface area contributed by atoms with Gasteiger partial charge in [-0.15, -0.1) is 0 Å². The lowest BCUT2D eigenvalue weighted by Gasteiger charge is -2.11. The molecule has 19 heavy (non-hydrogen) atoms. The number of benzene rings is 1. The lowest BCUT2D eigenvalue weighted by atomic mass is 9.99. The second-order valence-corrected chi connectivity index (χ2v) is 3.56. The number of hydrogen-bond acceptors (Lipinski definition) is 5. The largest absolute Gasteiger partial charge is 0.464 e. The number of carbonyl (C=O) groups excluding carboxylic acids is 1. The van der Waals surface area contributed by atoms with E-state index in [1.54, 1.807) is 6.07 Å². The zero-order valence-electron chi connectivity index (χ0n) is 9.72. The van der Waals surface area contributed by atoms with Crippen LogP contribution in [0.2, 0.25) is 0 Å². The number of carbonyl (C=O) groups is 1. The van der Waals surface area contributed by atoms with Gasteiger partial charge in [0.1, 0.15) is 24.2 Å². The fourth-order valence-corrected chi connectivity index (χ4v) is 1.40. The molecule has 1 aromatic rings. The van der Waals surface area contributed by atoms with Gasteiger partial charge in [-0.1, -0.05) is 0 Å². The van der Waals surface area contributed by atoms with Gasteiger partial charge in [0.15, 0.2) is 0 Å². The van der Waals surface area contributed by atoms with E-state index in [9.17, 15) is 23.7 Å². The van der Waals surface area contributed by atoms with E-state index in [1.165, 1.54) is 0 Å². The number of rotatable bonds is 4. The summed E-state index contributed by atoms with van der Waals surface area (Å²) in [6.07, 6.45) is 0. The number of nitro groups is 1. The first-order valence-electron chi connectivity index (χ1n) is 5.03. The van der Waals surface area contributed by atoms with Crippen LogP contribution in [0.4, 0.5) is 14.5 Å². The zero-order valence-corrected chi connectivity index (χ0v) is 9.72. The standard InChI is InChI=1S/C11H8F2N2O4/c1-6(16)19-5-7(4-14)11-9(12)2-8(15(17)18)3-10(11)13/h2-3,7H,5H2,1H3. The van der Waals surface area contributed by atoms with Crippen LogP contribution in [0.15, 0.2) is 12.1 Å². The molecule has 0 amide bonds. The first-order valence-corrected chi connectivity index (χ1v) is 5.03. The molecule has 0 aliphatic rings. The smallest absolute Gasteiger partial charge is 0.302 e. The Hall–Kier alpha value is -2.56. The minimum Gasteiger partial charge on any atom is -0.464 e. The van der Waals surface area contributed by atoms with E-state index < -0.39 is 46.3 Å². The summed E-state index contributed by atoms with van der Waals surface area (Å²) in [6, 6.07) is 2.60. The highest BCUT2D eigenvalue weighted by atomic mass is 19.1. The lowest BCUT2D eigenvalue weighted by molar-refractivity contribution is -0.385. The van der Waals surface area contributed by atoms with E-state index in [4.69, 9.17) is 5.26 Å². The third kappa shape index (κ3) is 3.45. The fraction of sp³-hybridized carbons (Fsp3) is 0.273. The summed E-state index contributed by atoms with van der Waals surface area (Å²) in [4.78, 5) is 20.1. The number of esters is 1. The summed E-state index contributed by atoms with van der Waals surface area (Å²) in [7, 11) is 0. The predicted molar refractivity (Wildman–Crippen MR) is 58.0 cm³/mol. The molecule has 0 saturated carbocycles. The zero-order chi connectivity index (χ0) is 14.6. The van der Waals surface area contributed by atoms with Crippen LogP contribution in [-0.4, -0.2) is 17.5 Å². The Labute approximate surface area is 106 Å². The summed E-state index contributed by atoms with van der Waals surface area (Å²) in [6.45, 7) is 0.550. The molecule has 0 bridgehead atoms. The Kier molecular flexibility index (Phi) is 4.47. The highest BCUT2D eigenvalue weighted by Gasteiger charge is 2.24. The van der Waals surface area contributed by atoms with Gasteiger partial charge in [0.05, 0.1) is 23.1 Å². The highest BCUT2D eigenvalue weighted by Crippen LogP contribution is 2.27. The van der Waals surface area contributed by atoms with Crippen LogP contribution in [0.25, 0.3) is 0 Å². The molecule has 0 saturated heterocycles. The van der Waals surface area contributed by atoms with Crippen LogP contribution in [-0.2, 0) is 9.53 Å². The Morgan fingerprint density at radius 2 is 2.05 bits per heavy atom. The van der Waals surface area contributed by atoms with E-state index in [1.807, 2.05) is 0 Å². The fourth-order valence-electron chi connectivity index (χ4n) is 1.40. The Morgan fingerprint density at radius 1 is 1.53 bits per heavy atom. The first kappa shape index (κ1) is 14.5. The monoisotopic (exact) mass is 270 g/mol. The summed E-state index contributed by atoms with van der Waals surface area (Å²) in [5.74, 6) is -4.54. The van der Waals surface area contributed by atoms with Gasteiger partial charge in [-0.25, -0.2) is 8.78 Å². The van der Waals surface area contributed by atoms with Gasteiger partial charge in [-0.3, -0.25) is 14.9 Å². The number of ether oxygens (including phenoxy) is 1. The number of hydrogen-bond donors (Lipinski definition) is 0. The van der Waals surface area contributed by atoms with Crippen molar-refractivity contribution in [1.29, 1.82) is 5.26 Å². The van der Waals surface area contributed by atoms with Crippen molar-refractivity contribution >= 4 is 11.7 Å². The van der Waals surface area contributed by atoms with Gasteiger partial charge < -0.3 is 4.74 Å². The molecule has 0 N–H and O–H groups in total. The van der Waals surface area contributed by atoms with Crippen LogP contribution in [0.5, 0.6) is 0 Å². The number of nitriles is 1. The third-order valence-corrected chi connectivity index (χ3v) is 2.23. The van der Waals surface area contributed by atoms with E-state index in [-0.39, 0.29) is 0 Å². The van der Waals surface area contributed by atoms with Crippen molar-refractivity contribution in [3.8, 4) is 6.07 Å². The maximum absolute atomic E-state index is 13.6. The minimum absolute atomic E-state index is 0.510. The topological polar surface area (TPSA) is 93.2 Å². The second-order valence-electron chi connectivity index (χ2n) is 3.56. The molecule has 8 heteroatoms. The van der Waals surface area contributed by atoms with Gasteiger partial charge in [0.2, 0.25) is 0 Å². The summed E-state index contributed by atoms with van der Waals surface area (Å²) in [5, 5.41) is 19.2. The van der Waals surface area contributed by atoms with Crippen molar-refractivity contribution in [1.82, 2.24) is 0 Å². The van der Waals surface area contributed by atoms with Gasteiger partial charge in [-0.05, 0) is 0 Å². The van der Waals surface area contributed by atoms with Gasteiger partial charge in [0, 0.05) is 12.5 Å². The number of halogens is 2. The molecule has 1 atom stereocenters. The van der Waals surface area contributed by atoms with E-state index in [0.717, 1.165) is 6.92 Å². The molecule has 0 aliphatic carbocycles. The number of nitro benzene ring substituents is 1. The molecule has 0 aliphatic heterocycles. The molecule has 0 fully saturated rings. The van der Waals surface area contributed by atoms with Crippen molar-refractivity contribution in [3.05, 3.63) is 39.4 Å². The quantitative estimate of drug-likeness (QED) is 0.474. The number of non-ortho nitro benzene ring substituents is 1. The van der Waals surface area contributed by atoms with Crippen molar-refractivity contribution < 1.29 is 23.2 Å². The van der Waals surface area contributed by atoms with E-state index >= 15 is 0 Å². The maximum Gasteiger partial charge on any atom is 0.302 e.